The monoisotopic (exact) mass is 883 g/mol. The van der Waals surface area contributed by atoms with E-state index in [0.717, 1.165) is 89.0 Å². The van der Waals surface area contributed by atoms with Gasteiger partial charge in [0.1, 0.15) is 0 Å². The van der Waals surface area contributed by atoms with Crippen LogP contribution in [0.1, 0.15) is 101 Å². The maximum absolute atomic E-state index is 15.5. The van der Waals surface area contributed by atoms with Gasteiger partial charge in [0.25, 0.3) is 5.91 Å². The molecule has 1 fully saturated rings. The molecule has 0 spiro atoms. The van der Waals surface area contributed by atoms with Crippen molar-refractivity contribution in [3.8, 4) is 23.0 Å². The predicted octanol–water partition coefficient (Wildman–Crippen LogP) is 8.92. The minimum atomic E-state index is -0.753. The standard InChI is InChI=1S/C53H61N3O9/c1-7-35-28-54-18-16-36-22-47(60-3)49(62-5)26-41(36)45(54)20-38(35)21-46-42-27-50(63-6)48(61-4)23-37(42)17-19-55(46)53(59)51-24-39(43-29-56(32(2)58)44-11-9-8-10-40(43)44)25-52(65-51)64-31-34-14-12-33(30-57)13-15-34/h8-15,22-24,26-27,29,35,38-39,45-46,52,57H,7,16-21,25,28,30-31H2,1-6H3/t35-,38+,39-,45-,46+,52+/m0/s1. The van der Waals surface area contributed by atoms with Crippen LogP contribution in [0.25, 0.3) is 10.9 Å². The first-order valence-electron chi connectivity index (χ1n) is 23.0. The fourth-order valence-corrected chi connectivity index (χ4v) is 11.0. The number of hydrogen-bond donors (Lipinski definition) is 1. The minimum absolute atomic E-state index is 0.0430. The van der Waals surface area contributed by atoms with E-state index < -0.39 is 6.29 Å². The SMILES string of the molecule is CC[C@H]1CN2CCc3cc(OC)c(OC)cc3[C@@H]2C[C@@H]1C[C@@H]1c2cc(OC)c(OC)cc2CCN1C(=O)C1=C[C@H](c2cn(C(C)=O)c3ccccc23)C[C@H](OCc2ccc(CO)cc2)O1. The highest BCUT2D eigenvalue weighted by molar-refractivity contribution is 5.95. The molecule has 0 aliphatic carbocycles. The van der Waals surface area contributed by atoms with Crippen molar-refractivity contribution in [1.29, 1.82) is 0 Å². The van der Waals surface area contributed by atoms with Crippen molar-refractivity contribution >= 4 is 22.7 Å². The van der Waals surface area contributed by atoms with Gasteiger partial charge in [0, 0.05) is 56.5 Å². The van der Waals surface area contributed by atoms with Crippen LogP contribution < -0.4 is 18.9 Å². The van der Waals surface area contributed by atoms with Crippen molar-refractivity contribution in [1.82, 2.24) is 14.4 Å². The van der Waals surface area contributed by atoms with E-state index in [1.165, 1.54) is 11.1 Å². The topological polar surface area (TPSA) is 121 Å². The summed E-state index contributed by atoms with van der Waals surface area (Å²) in [6.45, 7) is 6.51. The van der Waals surface area contributed by atoms with E-state index in [2.05, 4.69) is 36.1 Å². The maximum Gasteiger partial charge on any atom is 0.289 e. The maximum atomic E-state index is 15.5. The number of carbonyl (C=O) groups excluding carboxylic acids is 2. The van der Waals surface area contributed by atoms with Crippen LogP contribution in [-0.2, 0) is 40.3 Å². The van der Waals surface area contributed by atoms with Gasteiger partial charge in [0.2, 0.25) is 12.2 Å². The second kappa shape index (κ2) is 19.0. The molecule has 5 heterocycles. The van der Waals surface area contributed by atoms with E-state index in [-0.39, 0.29) is 48.8 Å². The third-order valence-corrected chi connectivity index (χ3v) is 14.5. The van der Waals surface area contributed by atoms with Gasteiger partial charge in [-0.3, -0.25) is 19.1 Å². The van der Waals surface area contributed by atoms with Gasteiger partial charge in [-0.1, -0.05) is 55.8 Å². The van der Waals surface area contributed by atoms with Gasteiger partial charge >= 0.3 is 0 Å². The van der Waals surface area contributed by atoms with Crippen molar-refractivity contribution in [2.24, 2.45) is 11.8 Å². The van der Waals surface area contributed by atoms with Crippen molar-refractivity contribution in [2.75, 3.05) is 48.1 Å². The molecule has 65 heavy (non-hydrogen) atoms. The number of amides is 1. The lowest BCUT2D eigenvalue weighted by Crippen LogP contribution is -2.48. The van der Waals surface area contributed by atoms with E-state index in [9.17, 15) is 9.90 Å². The summed E-state index contributed by atoms with van der Waals surface area (Å²) in [5.74, 6) is 3.18. The molecule has 0 unspecified atom stereocenters. The van der Waals surface area contributed by atoms with Crippen LogP contribution in [0.4, 0.5) is 0 Å². The smallest absolute Gasteiger partial charge is 0.289 e. The number of benzene rings is 4. The molecule has 12 heteroatoms. The molecule has 1 N–H and O–H groups in total. The van der Waals surface area contributed by atoms with Gasteiger partial charge in [0.05, 0.1) is 53.2 Å². The van der Waals surface area contributed by atoms with E-state index >= 15 is 4.79 Å². The Labute approximate surface area is 381 Å². The normalized spacial score (nSPS) is 22.8. The van der Waals surface area contributed by atoms with Crippen molar-refractivity contribution in [3.05, 3.63) is 130 Å². The molecule has 5 aromatic rings. The predicted molar refractivity (Wildman–Crippen MR) is 247 cm³/mol. The van der Waals surface area contributed by atoms with Gasteiger partial charge < -0.3 is 38.4 Å². The quantitative estimate of drug-likeness (QED) is 0.123. The van der Waals surface area contributed by atoms with Crippen LogP contribution >= 0.6 is 0 Å². The van der Waals surface area contributed by atoms with Crippen LogP contribution in [0.2, 0.25) is 0 Å². The Balaban J connectivity index is 1.09. The van der Waals surface area contributed by atoms with Crippen molar-refractivity contribution < 1.29 is 43.1 Å². The summed E-state index contributed by atoms with van der Waals surface area (Å²) >= 11 is 0. The van der Waals surface area contributed by atoms with Crippen molar-refractivity contribution in [3.63, 3.8) is 0 Å². The second-order valence-corrected chi connectivity index (χ2v) is 17.9. The average molecular weight is 884 g/mol. The Kier molecular flexibility index (Phi) is 12.9. The number of para-hydroxylation sites is 1. The zero-order valence-electron chi connectivity index (χ0n) is 38.4. The molecule has 4 aromatic carbocycles. The van der Waals surface area contributed by atoms with Gasteiger partial charge in [-0.25, -0.2) is 0 Å². The number of methoxy groups -OCH3 is 4. The van der Waals surface area contributed by atoms with E-state index in [4.69, 9.17) is 28.4 Å². The molecule has 4 aliphatic rings. The summed E-state index contributed by atoms with van der Waals surface area (Å²) in [6.07, 6.45) is 7.85. The zero-order valence-corrected chi connectivity index (χ0v) is 38.4. The molecule has 9 rings (SSSR count). The summed E-state index contributed by atoms with van der Waals surface area (Å²) in [7, 11) is 6.70. The molecule has 0 radical (unpaired) electrons. The van der Waals surface area contributed by atoms with Gasteiger partial charge in [-0.05, 0) is 113 Å². The lowest BCUT2D eigenvalue weighted by atomic mass is 9.72. The first-order chi connectivity index (χ1) is 31.6. The minimum Gasteiger partial charge on any atom is -0.493 e. The molecule has 12 nitrogen and oxygen atoms in total. The first-order valence-corrected chi connectivity index (χ1v) is 23.0. The van der Waals surface area contributed by atoms with Gasteiger partial charge in [-0.15, -0.1) is 0 Å². The summed E-state index contributed by atoms with van der Waals surface area (Å²) < 4.78 is 38.1. The number of nitrogens with zero attached hydrogens (tertiary/aromatic N) is 3. The fraction of sp³-hybridized carbons (Fsp3) is 0.434. The molecule has 1 aromatic heterocycles. The van der Waals surface area contributed by atoms with E-state index in [0.29, 0.717) is 42.7 Å². The highest BCUT2D eigenvalue weighted by atomic mass is 16.7. The lowest BCUT2D eigenvalue weighted by molar-refractivity contribution is -0.158. The lowest BCUT2D eigenvalue weighted by Gasteiger charge is -2.49. The molecule has 6 atom stereocenters. The summed E-state index contributed by atoms with van der Waals surface area (Å²) in [6, 6.07) is 23.9. The Morgan fingerprint density at radius 1 is 0.769 bits per heavy atom. The summed E-state index contributed by atoms with van der Waals surface area (Å²) in [5, 5.41) is 10.6. The number of aromatic nitrogens is 1. The molecule has 342 valence electrons. The second-order valence-electron chi connectivity index (χ2n) is 17.9. The van der Waals surface area contributed by atoms with Crippen LogP contribution in [-0.4, -0.2) is 85.7 Å². The third-order valence-electron chi connectivity index (χ3n) is 14.5. The fourth-order valence-electron chi connectivity index (χ4n) is 11.0. The van der Waals surface area contributed by atoms with Crippen molar-refractivity contribution in [2.45, 2.75) is 89.9 Å². The Hall–Kier alpha value is -5.82. The highest BCUT2D eigenvalue weighted by Gasteiger charge is 2.43. The number of fused-ring (bicyclic) bond motifs is 5. The van der Waals surface area contributed by atoms with E-state index in [1.807, 2.05) is 65.7 Å². The number of piperidine rings is 1. The molecule has 1 amide bonds. The number of aliphatic hydroxyl groups is 1. The van der Waals surface area contributed by atoms with Crippen LogP contribution in [0.3, 0.4) is 0 Å². The molecule has 1 saturated heterocycles. The Morgan fingerprint density at radius 2 is 1.42 bits per heavy atom. The molecular formula is C53H61N3O9. The van der Waals surface area contributed by atoms with Crippen LogP contribution in [0.15, 0.2) is 90.8 Å². The number of aliphatic hydroxyl groups excluding tert-OH is 1. The summed E-state index contributed by atoms with van der Waals surface area (Å²) in [5.41, 5.74) is 8.29. The Bertz CT molecular complexity index is 2580. The molecule has 0 bridgehead atoms. The average Bonchev–Trinajstić information content (AvgIpc) is 3.75. The van der Waals surface area contributed by atoms with Gasteiger partial charge in [-0.2, -0.15) is 0 Å². The van der Waals surface area contributed by atoms with Crippen LogP contribution in [0, 0.1) is 11.8 Å². The number of allylic oxidation sites excluding steroid dienone is 1. The Morgan fingerprint density at radius 3 is 2.09 bits per heavy atom. The number of ether oxygens (including phenoxy) is 6. The number of rotatable bonds is 13. The summed E-state index contributed by atoms with van der Waals surface area (Å²) in [4.78, 5) is 33.1. The molecule has 4 aliphatic heterocycles. The number of carbonyl (C=O) groups is 2. The van der Waals surface area contributed by atoms with Gasteiger partial charge in [0.15, 0.2) is 28.8 Å². The number of hydrogen-bond acceptors (Lipinski definition) is 10. The highest BCUT2D eigenvalue weighted by Crippen LogP contribution is 2.50. The largest absolute Gasteiger partial charge is 0.493 e. The molecular weight excluding hydrogens is 823 g/mol. The first kappa shape index (κ1) is 44.4. The third kappa shape index (κ3) is 8.59. The van der Waals surface area contributed by atoms with Crippen LogP contribution in [0.5, 0.6) is 23.0 Å². The van der Waals surface area contributed by atoms with E-state index in [1.54, 1.807) is 39.9 Å². The molecule has 0 saturated carbocycles. The zero-order chi connectivity index (χ0) is 45.4.